The minimum absolute atomic E-state index is 0.480. The molecule has 2 nitrogen and oxygen atoms in total. The number of hydrogen-bond donors (Lipinski definition) is 1. The Hall–Kier alpha value is -1.51. The summed E-state index contributed by atoms with van der Waals surface area (Å²) >= 11 is 6.24. The van der Waals surface area contributed by atoms with Crippen molar-refractivity contribution in [3.63, 3.8) is 0 Å². The van der Waals surface area contributed by atoms with Crippen LogP contribution in [0.2, 0.25) is 5.02 Å². The van der Waals surface area contributed by atoms with Gasteiger partial charge < -0.3 is 10.5 Å². The van der Waals surface area contributed by atoms with Gasteiger partial charge in [-0.25, -0.2) is 0 Å². The number of fused-ring (bicyclic) bond motifs is 1. The van der Waals surface area contributed by atoms with Crippen LogP contribution in [0.3, 0.4) is 0 Å². The third-order valence-electron chi connectivity index (χ3n) is 3.85. The summed E-state index contributed by atoms with van der Waals surface area (Å²) in [5.41, 5.74) is 9.56. The van der Waals surface area contributed by atoms with Gasteiger partial charge >= 0.3 is 0 Å². The standard InChI is InChI=1S/C17H18ClNO/c18-16-7-3-5-12(8-9-19)17(16)20-11-14-10-13-4-1-2-6-15(13)14/h1-7,14H,8-11,19H2. The number of benzene rings is 2. The van der Waals surface area contributed by atoms with E-state index in [2.05, 4.69) is 24.3 Å². The van der Waals surface area contributed by atoms with Crippen LogP contribution in [0.15, 0.2) is 42.5 Å². The molecule has 3 heteroatoms. The van der Waals surface area contributed by atoms with Crippen molar-refractivity contribution in [2.75, 3.05) is 13.2 Å². The summed E-state index contributed by atoms with van der Waals surface area (Å²) in [4.78, 5) is 0. The lowest BCUT2D eigenvalue weighted by molar-refractivity contribution is 0.273. The van der Waals surface area contributed by atoms with Crippen molar-refractivity contribution in [1.82, 2.24) is 0 Å². The van der Waals surface area contributed by atoms with Crippen molar-refractivity contribution in [3.05, 3.63) is 64.2 Å². The third kappa shape index (κ3) is 2.54. The summed E-state index contributed by atoms with van der Waals surface area (Å²) in [7, 11) is 0. The number of nitrogens with two attached hydrogens (primary N) is 1. The van der Waals surface area contributed by atoms with Crippen LogP contribution in [0, 0.1) is 0 Å². The maximum atomic E-state index is 6.24. The fraction of sp³-hybridized carbons (Fsp3) is 0.294. The van der Waals surface area contributed by atoms with E-state index < -0.39 is 0 Å². The minimum Gasteiger partial charge on any atom is -0.491 e. The van der Waals surface area contributed by atoms with Gasteiger partial charge in [-0.1, -0.05) is 48.0 Å². The second-order valence-corrected chi connectivity index (χ2v) is 5.58. The Morgan fingerprint density at radius 1 is 1.15 bits per heavy atom. The number of rotatable bonds is 5. The molecule has 0 heterocycles. The molecule has 20 heavy (non-hydrogen) atoms. The molecule has 3 rings (SSSR count). The lowest BCUT2D eigenvalue weighted by Crippen LogP contribution is -2.23. The fourth-order valence-corrected chi connectivity index (χ4v) is 3.01. The Balaban J connectivity index is 1.71. The van der Waals surface area contributed by atoms with Crippen LogP contribution >= 0.6 is 11.6 Å². The summed E-state index contributed by atoms with van der Waals surface area (Å²) in [5, 5.41) is 0.670. The van der Waals surface area contributed by atoms with Gasteiger partial charge in [0.25, 0.3) is 0 Å². The number of para-hydroxylation sites is 1. The zero-order valence-corrected chi connectivity index (χ0v) is 12.1. The first-order valence-electron chi connectivity index (χ1n) is 6.97. The zero-order valence-electron chi connectivity index (χ0n) is 11.3. The van der Waals surface area contributed by atoms with E-state index in [9.17, 15) is 0 Å². The largest absolute Gasteiger partial charge is 0.491 e. The topological polar surface area (TPSA) is 35.2 Å². The van der Waals surface area contributed by atoms with Crippen LogP contribution < -0.4 is 10.5 Å². The van der Waals surface area contributed by atoms with Gasteiger partial charge in [0.1, 0.15) is 5.75 Å². The quantitative estimate of drug-likeness (QED) is 0.912. The second kappa shape index (κ2) is 5.86. The molecule has 0 bridgehead atoms. The summed E-state index contributed by atoms with van der Waals surface area (Å²) < 4.78 is 5.99. The van der Waals surface area contributed by atoms with E-state index in [4.69, 9.17) is 22.1 Å². The first-order chi connectivity index (χ1) is 9.79. The average Bonchev–Trinajstić information content (AvgIpc) is 2.43. The fourth-order valence-electron chi connectivity index (χ4n) is 2.76. The molecule has 0 aliphatic heterocycles. The number of halogens is 1. The van der Waals surface area contributed by atoms with Gasteiger partial charge in [0.15, 0.2) is 0 Å². The monoisotopic (exact) mass is 287 g/mol. The van der Waals surface area contributed by atoms with Gasteiger partial charge in [-0.05, 0) is 42.1 Å². The summed E-state index contributed by atoms with van der Waals surface area (Å²) in [6, 6.07) is 14.4. The van der Waals surface area contributed by atoms with Crippen molar-refractivity contribution in [2.24, 2.45) is 5.73 Å². The highest BCUT2D eigenvalue weighted by Crippen LogP contribution is 2.36. The van der Waals surface area contributed by atoms with Crippen LogP contribution in [0.5, 0.6) is 5.75 Å². The maximum Gasteiger partial charge on any atom is 0.141 e. The average molecular weight is 288 g/mol. The van der Waals surface area contributed by atoms with Crippen LogP contribution in [-0.4, -0.2) is 13.2 Å². The van der Waals surface area contributed by atoms with Crippen molar-refractivity contribution < 1.29 is 4.74 Å². The predicted molar refractivity (Wildman–Crippen MR) is 82.6 cm³/mol. The Morgan fingerprint density at radius 3 is 2.80 bits per heavy atom. The van der Waals surface area contributed by atoms with Crippen LogP contribution in [0.25, 0.3) is 0 Å². The molecule has 0 aromatic heterocycles. The highest BCUT2D eigenvalue weighted by atomic mass is 35.5. The van der Waals surface area contributed by atoms with Gasteiger partial charge in [-0.15, -0.1) is 0 Å². The highest BCUT2D eigenvalue weighted by Gasteiger charge is 2.26. The third-order valence-corrected chi connectivity index (χ3v) is 4.15. The van der Waals surface area contributed by atoms with E-state index in [0.717, 1.165) is 24.2 Å². The van der Waals surface area contributed by atoms with Crippen LogP contribution in [0.4, 0.5) is 0 Å². The van der Waals surface area contributed by atoms with E-state index in [1.807, 2.05) is 18.2 Å². The van der Waals surface area contributed by atoms with Gasteiger partial charge in [-0.3, -0.25) is 0 Å². The highest BCUT2D eigenvalue weighted by molar-refractivity contribution is 6.32. The molecule has 1 aliphatic rings. The molecule has 0 amide bonds. The lowest BCUT2D eigenvalue weighted by atomic mass is 9.78. The Morgan fingerprint density at radius 2 is 2.00 bits per heavy atom. The number of hydrogen-bond acceptors (Lipinski definition) is 2. The molecule has 1 unspecified atom stereocenters. The SMILES string of the molecule is NCCc1cccc(Cl)c1OCC1Cc2ccccc21. The molecular formula is C17H18ClNO. The van der Waals surface area contributed by atoms with E-state index in [1.54, 1.807) is 0 Å². The molecule has 104 valence electrons. The van der Waals surface area contributed by atoms with Crippen molar-refractivity contribution in [3.8, 4) is 5.75 Å². The molecule has 0 radical (unpaired) electrons. The summed E-state index contributed by atoms with van der Waals surface area (Å²) in [5.74, 6) is 1.28. The van der Waals surface area contributed by atoms with Gasteiger partial charge in [0, 0.05) is 5.92 Å². The van der Waals surface area contributed by atoms with Crippen molar-refractivity contribution in [2.45, 2.75) is 18.8 Å². The van der Waals surface area contributed by atoms with Gasteiger partial charge in [0.05, 0.1) is 11.6 Å². The number of ether oxygens (including phenoxy) is 1. The zero-order chi connectivity index (χ0) is 13.9. The van der Waals surface area contributed by atoms with Crippen LogP contribution in [0.1, 0.15) is 22.6 Å². The molecule has 1 aliphatic carbocycles. The Kier molecular flexibility index (Phi) is 3.95. The lowest BCUT2D eigenvalue weighted by Gasteiger charge is -2.30. The van der Waals surface area contributed by atoms with E-state index in [0.29, 0.717) is 24.1 Å². The normalized spacial score (nSPS) is 16.4. The van der Waals surface area contributed by atoms with Gasteiger partial charge in [-0.2, -0.15) is 0 Å². The molecule has 0 saturated carbocycles. The van der Waals surface area contributed by atoms with Gasteiger partial charge in [0.2, 0.25) is 0 Å². The molecule has 2 aromatic rings. The molecule has 1 atom stereocenters. The smallest absolute Gasteiger partial charge is 0.141 e. The molecule has 2 aromatic carbocycles. The Labute approximate surface area is 124 Å². The second-order valence-electron chi connectivity index (χ2n) is 5.18. The van der Waals surface area contributed by atoms with E-state index in [-0.39, 0.29) is 0 Å². The summed E-state index contributed by atoms with van der Waals surface area (Å²) in [6.45, 7) is 1.28. The Bertz CT molecular complexity index is 612. The van der Waals surface area contributed by atoms with Crippen molar-refractivity contribution in [1.29, 1.82) is 0 Å². The van der Waals surface area contributed by atoms with Crippen molar-refractivity contribution >= 4 is 11.6 Å². The summed E-state index contributed by atoms with van der Waals surface area (Å²) in [6.07, 6.45) is 1.88. The molecule has 2 N–H and O–H groups in total. The van der Waals surface area contributed by atoms with E-state index in [1.165, 1.54) is 11.1 Å². The molecule has 0 saturated heterocycles. The maximum absolute atomic E-state index is 6.24. The molecule has 0 spiro atoms. The first-order valence-corrected chi connectivity index (χ1v) is 7.35. The molecular weight excluding hydrogens is 270 g/mol. The predicted octanol–water partition coefficient (Wildman–Crippen LogP) is 3.56. The van der Waals surface area contributed by atoms with Crippen LogP contribution in [-0.2, 0) is 12.8 Å². The van der Waals surface area contributed by atoms with E-state index >= 15 is 0 Å². The molecule has 0 fully saturated rings. The minimum atomic E-state index is 0.480. The first kappa shape index (κ1) is 13.5.